The highest BCUT2D eigenvalue weighted by molar-refractivity contribution is 7.89. The molecule has 6 heteroatoms. The van der Waals surface area contributed by atoms with Crippen molar-refractivity contribution in [2.24, 2.45) is 5.73 Å². The van der Waals surface area contributed by atoms with Crippen LogP contribution in [0.1, 0.15) is 32.9 Å². The molecule has 1 aromatic heterocycles. The Morgan fingerprint density at radius 3 is 2.39 bits per heavy atom. The molecule has 1 rings (SSSR count). The van der Waals surface area contributed by atoms with Gasteiger partial charge in [0.05, 0.1) is 5.69 Å². The van der Waals surface area contributed by atoms with Crippen molar-refractivity contribution in [3.05, 3.63) is 24.0 Å². The fraction of sp³-hybridized carbons (Fsp3) is 0.583. The van der Waals surface area contributed by atoms with Crippen LogP contribution in [-0.2, 0) is 16.6 Å². The molecule has 102 valence electrons. The Kier molecular flexibility index (Phi) is 4.47. The molecule has 0 atom stereocenters. The zero-order valence-electron chi connectivity index (χ0n) is 11.3. The van der Waals surface area contributed by atoms with Crippen molar-refractivity contribution in [3.63, 3.8) is 0 Å². The number of hydrogen-bond donors (Lipinski definition) is 1. The van der Waals surface area contributed by atoms with E-state index in [1.807, 2.05) is 20.8 Å². The first kappa shape index (κ1) is 15.1. The van der Waals surface area contributed by atoms with Gasteiger partial charge in [-0.25, -0.2) is 8.42 Å². The van der Waals surface area contributed by atoms with Crippen LogP contribution in [0, 0.1) is 0 Å². The molecule has 0 saturated heterocycles. The lowest BCUT2D eigenvalue weighted by Crippen LogP contribution is -2.44. The van der Waals surface area contributed by atoms with Crippen molar-refractivity contribution >= 4 is 10.0 Å². The van der Waals surface area contributed by atoms with Gasteiger partial charge in [0.15, 0.2) is 0 Å². The molecule has 1 heterocycles. The lowest BCUT2D eigenvalue weighted by molar-refractivity contribution is 0.257. The average molecular weight is 271 g/mol. The van der Waals surface area contributed by atoms with E-state index >= 15 is 0 Å². The van der Waals surface area contributed by atoms with Gasteiger partial charge in [0, 0.05) is 25.3 Å². The molecular weight excluding hydrogens is 250 g/mol. The quantitative estimate of drug-likeness (QED) is 0.877. The van der Waals surface area contributed by atoms with Crippen LogP contribution >= 0.6 is 0 Å². The van der Waals surface area contributed by atoms with Crippen LogP contribution < -0.4 is 5.73 Å². The van der Waals surface area contributed by atoms with Crippen molar-refractivity contribution in [2.45, 2.75) is 44.2 Å². The topological polar surface area (TPSA) is 76.3 Å². The third kappa shape index (κ3) is 2.88. The van der Waals surface area contributed by atoms with Gasteiger partial charge in [-0.3, -0.25) is 4.98 Å². The summed E-state index contributed by atoms with van der Waals surface area (Å²) in [6, 6.07) is 3.19. The van der Waals surface area contributed by atoms with Gasteiger partial charge in [0.2, 0.25) is 10.0 Å². The molecule has 0 saturated carbocycles. The van der Waals surface area contributed by atoms with Crippen molar-refractivity contribution < 1.29 is 8.42 Å². The molecule has 0 radical (unpaired) electrons. The van der Waals surface area contributed by atoms with E-state index in [2.05, 4.69) is 4.98 Å². The first-order chi connectivity index (χ1) is 8.25. The predicted molar refractivity (Wildman–Crippen MR) is 71.4 cm³/mol. The number of nitrogens with zero attached hydrogens (tertiary/aromatic N) is 2. The Morgan fingerprint density at radius 1 is 1.39 bits per heavy atom. The summed E-state index contributed by atoms with van der Waals surface area (Å²) < 4.78 is 26.2. The summed E-state index contributed by atoms with van der Waals surface area (Å²) in [6.45, 7) is 6.05. The van der Waals surface area contributed by atoms with Gasteiger partial charge in [0.1, 0.15) is 4.90 Å². The van der Waals surface area contributed by atoms with Crippen LogP contribution in [0.4, 0.5) is 0 Å². The summed E-state index contributed by atoms with van der Waals surface area (Å²) in [7, 11) is -1.91. The maximum atomic E-state index is 12.4. The van der Waals surface area contributed by atoms with E-state index in [4.69, 9.17) is 5.73 Å². The van der Waals surface area contributed by atoms with Crippen LogP contribution in [0.15, 0.2) is 23.2 Å². The highest BCUT2D eigenvalue weighted by atomic mass is 32.2. The second kappa shape index (κ2) is 5.34. The highest BCUT2D eigenvalue weighted by Crippen LogP contribution is 2.24. The van der Waals surface area contributed by atoms with E-state index in [-0.39, 0.29) is 4.90 Å². The Morgan fingerprint density at radius 2 is 2.00 bits per heavy atom. The number of pyridine rings is 1. The monoisotopic (exact) mass is 271 g/mol. The van der Waals surface area contributed by atoms with Crippen molar-refractivity contribution in [1.29, 1.82) is 0 Å². The van der Waals surface area contributed by atoms with Gasteiger partial charge < -0.3 is 5.73 Å². The third-order valence-corrected chi connectivity index (χ3v) is 5.44. The third-order valence-electron chi connectivity index (χ3n) is 3.38. The minimum atomic E-state index is -3.50. The van der Waals surface area contributed by atoms with E-state index in [0.717, 1.165) is 6.42 Å². The number of aromatic nitrogens is 1. The zero-order chi connectivity index (χ0) is 14.0. The van der Waals surface area contributed by atoms with Gasteiger partial charge in [0.25, 0.3) is 0 Å². The Hall–Kier alpha value is -0.980. The fourth-order valence-electron chi connectivity index (χ4n) is 1.39. The van der Waals surface area contributed by atoms with Gasteiger partial charge in [-0.2, -0.15) is 4.31 Å². The van der Waals surface area contributed by atoms with Crippen LogP contribution in [0.3, 0.4) is 0 Å². The van der Waals surface area contributed by atoms with Gasteiger partial charge in [-0.15, -0.1) is 0 Å². The molecule has 0 bridgehead atoms. The van der Waals surface area contributed by atoms with Crippen LogP contribution in [0.5, 0.6) is 0 Å². The molecule has 0 aliphatic rings. The maximum Gasteiger partial charge on any atom is 0.244 e. The second-order valence-electron chi connectivity index (χ2n) is 4.83. The zero-order valence-corrected chi connectivity index (χ0v) is 12.2. The Labute approximate surface area is 109 Å². The normalized spacial score (nSPS) is 13.0. The average Bonchev–Trinajstić information content (AvgIpc) is 2.37. The Balaban J connectivity index is 3.13. The number of nitrogens with two attached hydrogens (primary N) is 1. The molecule has 0 aromatic carbocycles. The maximum absolute atomic E-state index is 12.4. The molecule has 5 nitrogen and oxygen atoms in total. The van der Waals surface area contributed by atoms with E-state index in [9.17, 15) is 8.42 Å². The molecule has 0 spiro atoms. The number of hydrogen-bond acceptors (Lipinski definition) is 4. The molecule has 0 amide bonds. The van der Waals surface area contributed by atoms with Crippen molar-refractivity contribution in [2.75, 3.05) is 7.05 Å². The fourth-order valence-corrected chi connectivity index (χ4v) is 2.91. The molecule has 0 aliphatic heterocycles. The Bertz CT molecular complexity index is 495. The molecule has 2 N–H and O–H groups in total. The van der Waals surface area contributed by atoms with E-state index in [0.29, 0.717) is 12.2 Å². The summed E-state index contributed by atoms with van der Waals surface area (Å²) in [5.74, 6) is 0. The first-order valence-corrected chi connectivity index (χ1v) is 7.33. The lowest BCUT2D eigenvalue weighted by atomic mass is 10.0. The highest BCUT2D eigenvalue weighted by Gasteiger charge is 2.32. The summed E-state index contributed by atoms with van der Waals surface area (Å²) in [4.78, 5) is 4.22. The summed E-state index contributed by atoms with van der Waals surface area (Å²) in [5, 5.41) is 0. The second-order valence-corrected chi connectivity index (χ2v) is 6.80. The van der Waals surface area contributed by atoms with Crippen molar-refractivity contribution in [3.8, 4) is 0 Å². The summed E-state index contributed by atoms with van der Waals surface area (Å²) >= 11 is 0. The van der Waals surface area contributed by atoms with Gasteiger partial charge in [-0.05, 0) is 32.4 Å². The lowest BCUT2D eigenvalue weighted by Gasteiger charge is -2.33. The first-order valence-electron chi connectivity index (χ1n) is 5.89. The largest absolute Gasteiger partial charge is 0.325 e. The minimum absolute atomic E-state index is 0.198. The molecular formula is C12H21N3O2S. The van der Waals surface area contributed by atoms with E-state index in [1.54, 1.807) is 19.2 Å². The molecule has 0 aliphatic carbocycles. The summed E-state index contributed by atoms with van der Waals surface area (Å²) in [6.07, 6.45) is 2.09. The number of sulfonamides is 1. The summed E-state index contributed by atoms with van der Waals surface area (Å²) in [5.41, 5.74) is 5.68. The number of rotatable bonds is 5. The van der Waals surface area contributed by atoms with Crippen LogP contribution in [0.2, 0.25) is 0 Å². The molecule has 0 unspecified atom stereocenters. The predicted octanol–water partition coefficient (Wildman–Crippen LogP) is 1.35. The smallest absolute Gasteiger partial charge is 0.244 e. The molecule has 18 heavy (non-hydrogen) atoms. The molecule has 1 aromatic rings. The SMILES string of the molecule is CCC(C)(C)N(C)S(=O)(=O)c1ccc(CN)nc1. The van der Waals surface area contributed by atoms with E-state index < -0.39 is 15.6 Å². The van der Waals surface area contributed by atoms with Gasteiger partial charge >= 0.3 is 0 Å². The van der Waals surface area contributed by atoms with Crippen LogP contribution in [0.25, 0.3) is 0 Å². The van der Waals surface area contributed by atoms with Gasteiger partial charge in [-0.1, -0.05) is 6.92 Å². The minimum Gasteiger partial charge on any atom is -0.325 e. The molecule has 0 fully saturated rings. The standard InChI is InChI=1S/C12H21N3O2S/c1-5-12(2,3)15(4)18(16,17)11-7-6-10(8-13)14-9-11/h6-7,9H,5,8,13H2,1-4H3. The van der Waals surface area contributed by atoms with Crippen molar-refractivity contribution in [1.82, 2.24) is 9.29 Å². The van der Waals surface area contributed by atoms with Crippen LogP contribution in [-0.4, -0.2) is 30.3 Å². The van der Waals surface area contributed by atoms with E-state index in [1.165, 1.54) is 10.5 Å².